The number of hydrogen-bond donors (Lipinski definition) is 1. The van der Waals surface area contributed by atoms with Crippen molar-refractivity contribution in [2.75, 3.05) is 12.4 Å². The third-order valence-electron chi connectivity index (χ3n) is 3.19. The number of nitrogens with zero attached hydrogens (tertiary/aromatic N) is 1. The van der Waals surface area contributed by atoms with Crippen LogP contribution in [0.2, 0.25) is 0 Å². The molecule has 0 aliphatic heterocycles. The molecule has 0 spiro atoms. The highest BCUT2D eigenvalue weighted by atomic mass is 32.1. The molecule has 0 unspecified atom stereocenters. The molecular weight excluding hydrogens is 305 g/mol. The molecule has 1 fully saturated rings. The highest BCUT2D eigenvalue weighted by Gasteiger charge is 2.35. The number of nitrogens with one attached hydrogen (secondary N) is 1. The van der Waals surface area contributed by atoms with E-state index < -0.39 is 11.7 Å². The first-order valence-electron chi connectivity index (χ1n) is 6.25. The largest absolute Gasteiger partial charge is 0.496 e. The van der Waals surface area contributed by atoms with Crippen molar-refractivity contribution in [1.82, 2.24) is 4.98 Å². The van der Waals surface area contributed by atoms with Crippen molar-refractivity contribution in [2.24, 2.45) is 5.92 Å². The van der Waals surface area contributed by atoms with Gasteiger partial charge in [-0.25, -0.2) is 4.98 Å². The molecule has 112 valence electrons. The van der Waals surface area contributed by atoms with Gasteiger partial charge >= 0.3 is 6.18 Å². The number of hydrogen-bond acceptors (Lipinski definition) is 4. The van der Waals surface area contributed by atoms with Crippen LogP contribution < -0.4 is 10.1 Å². The number of carbonyl (C=O) groups excluding carboxylic acids is 1. The third kappa shape index (κ3) is 2.80. The van der Waals surface area contributed by atoms with Crippen molar-refractivity contribution >= 4 is 32.6 Å². The van der Waals surface area contributed by atoms with Gasteiger partial charge in [-0.15, -0.1) is 0 Å². The van der Waals surface area contributed by atoms with Gasteiger partial charge in [0.15, 0.2) is 5.13 Å². The lowest BCUT2D eigenvalue weighted by molar-refractivity contribution is -0.138. The first kappa shape index (κ1) is 14.1. The minimum Gasteiger partial charge on any atom is -0.496 e. The van der Waals surface area contributed by atoms with Crippen LogP contribution in [0.25, 0.3) is 10.2 Å². The summed E-state index contributed by atoms with van der Waals surface area (Å²) in [5.41, 5.74) is -0.475. The lowest BCUT2D eigenvalue weighted by Gasteiger charge is -2.11. The Bertz CT molecular complexity index is 707. The van der Waals surface area contributed by atoms with E-state index in [1.807, 2.05) is 0 Å². The minimum atomic E-state index is -4.50. The van der Waals surface area contributed by atoms with Crippen LogP contribution in [0.5, 0.6) is 5.75 Å². The van der Waals surface area contributed by atoms with E-state index in [1.165, 1.54) is 13.2 Å². The van der Waals surface area contributed by atoms with Crippen molar-refractivity contribution in [1.29, 1.82) is 0 Å². The summed E-state index contributed by atoms with van der Waals surface area (Å²) >= 11 is 1.02. The quantitative estimate of drug-likeness (QED) is 0.940. The number of benzene rings is 1. The number of anilines is 1. The molecule has 1 aliphatic carbocycles. The highest BCUT2D eigenvalue weighted by Crippen LogP contribution is 2.40. The van der Waals surface area contributed by atoms with Gasteiger partial charge in [-0.2, -0.15) is 13.2 Å². The van der Waals surface area contributed by atoms with Crippen molar-refractivity contribution in [3.8, 4) is 5.75 Å². The van der Waals surface area contributed by atoms with Gasteiger partial charge in [-0.3, -0.25) is 4.79 Å². The van der Waals surface area contributed by atoms with E-state index in [9.17, 15) is 18.0 Å². The fraction of sp³-hybridized carbons (Fsp3) is 0.385. The number of methoxy groups -OCH3 is 1. The second kappa shape index (κ2) is 4.87. The molecule has 1 saturated carbocycles. The zero-order valence-corrected chi connectivity index (χ0v) is 11.8. The average molecular weight is 316 g/mol. The number of carbonyl (C=O) groups is 1. The maximum atomic E-state index is 12.9. The van der Waals surface area contributed by atoms with Gasteiger partial charge in [0.2, 0.25) is 5.91 Å². The standard InChI is InChI=1S/C13H11F3N2O2S/c1-20-9-5-8-10(4-7(9)13(14,15)16)21-12(17-8)18-11(19)6-2-3-6/h4-6H,2-3H2,1H3,(H,17,18,19). The topological polar surface area (TPSA) is 51.2 Å². The molecule has 8 heteroatoms. The van der Waals surface area contributed by atoms with Gasteiger partial charge in [0.25, 0.3) is 0 Å². The van der Waals surface area contributed by atoms with Crippen LogP contribution in [-0.4, -0.2) is 18.0 Å². The monoisotopic (exact) mass is 316 g/mol. The summed E-state index contributed by atoms with van der Waals surface area (Å²) in [6.07, 6.45) is -2.80. The van der Waals surface area contributed by atoms with E-state index in [0.29, 0.717) is 15.3 Å². The Kier molecular flexibility index (Phi) is 3.27. The summed E-state index contributed by atoms with van der Waals surface area (Å²) < 4.78 is 43.9. The van der Waals surface area contributed by atoms with Crippen LogP contribution in [0.4, 0.5) is 18.3 Å². The third-order valence-corrected chi connectivity index (χ3v) is 4.13. The fourth-order valence-corrected chi connectivity index (χ4v) is 2.84. The molecule has 1 heterocycles. The Morgan fingerprint density at radius 3 is 2.71 bits per heavy atom. The number of alkyl halides is 3. The summed E-state index contributed by atoms with van der Waals surface area (Å²) in [6.45, 7) is 0. The Morgan fingerprint density at radius 2 is 2.14 bits per heavy atom. The normalized spacial score (nSPS) is 15.2. The van der Waals surface area contributed by atoms with E-state index >= 15 is 0 Å². The number of halogens is 3. The Balaban J connectivity index is 1.98. The second-order valence-corrected chi connectivity index (χ2v) is 5.83. The Morgan fingerprint density at radius 1 is 1.43 bits per heavy atom. The highest BCUT2D eigenvalue weighted by molar-refractivity contribution is 7.22. The number of thiazole rings is 1. The van der Waals surface area contributed by atoms with E-state index in [-0.39, 0.29) is 17.6 Å². The molecule has 0 bridgehead atoms. The van der Waals surface area contributed by atoms with Crippen LogP contribution in [-0.2, 0) is 11.0 Å². The predicted octanol–water partition coefficient (Wildman–Crippen LogP) is 3.67. The Hall–Kier alpha value is -1.83. The molecule has 3 rings (SSSR count). The van der Waals surface area contributed by atoms with E-state index in [4.69, 9.17) is 4.74 Å². The number of rotatable bonds is 3. The molecule has 0 atom stereocenters. The molecule has 0 radical (unpaired) electrons. The van der Waals surface area contributed by atoms with Crippen LogP contribution in [0.15, 0.2) is 12.1 Å². The van der Waals surface area contributed by atoms with Gasteiger partial charge in [-0.05, 0) is 18.9 Å². The van der Waals surface area contributed by atoms with E-state index in [2.05, 4.69) is 10.3 Å². The molecule has 1 aromatic carbocycles. The summed E-state index contributed by atoms with van der Waals surface area (Å²) in [7, 11) is 1.18. The van der Waals surface area contributed by atoms with Crippen LogP contribution >= 0.6 is 11.3 Å². The van der Waals surface area contributed by atoms with Crippen molar-refractivity contribution in [3.63, 3.8) is 0 Å². The zero-order chi connectivity index (χ0) is 15.2. The summed E-state index contributed by atoms with van der Waals surface area (Å²) in [5, 5.41) is 2.94. The summed E-state index contributed by atoms with van der Waals surface area (Å²) in [4.78, 5) is 15.8. The van der Waals surface area contributed by atoms with Crippen molar-refractivity contribution in [2.45, 2.75) is 19.0 Å². The smallest absolute Gasteiger partial charge is 0.420 e. The molecule has 2 aromatic rings. The summed E-state index contributed by atoms with van der Waals surface area (Å²) in [5.74, 6) is -0.394. The predicted molar refractivity (Wildman–Crippen MR) is 72.5 cm³/mol. The average Bonchev–Trinajstić information content (AvgIpc) is 3.17. The minimum absolute atomic E-state index is 0.0114. The van der Waals surface area contributed by atoms with Crippen LogP contribution in [0.1, 0.15) is 18.4 Å². The lowest BCUT2D eigenvalue weighted by Crippen LogP contribution is -2.12. The number of amides is 1. The maximum absolute atomic E-state index is 12.9. The summed E-state index contributed by atoms with van der Waals surface area (Å²) in [6, 6.07) is 2.24. The molecule has 4 nitrogen and oxygen atoms in total. The van der Waals surface area contributed by atoms with Crippen molar-refractivity contribution < 1.29 is 22.7 Å². The molecule has 21 heavy (non-hydrogen) atoms. The maximum Gasteiger partial charge on any atom is 0.420 e. The first-order valence-corrected chi connectivity index (χ1v) is 7.07. The number of fused-ring (bicyclic) bond motifs is 1. The number of ether oxygens (including phenoxy) is 1. The molecule has 1 aliphatic rings. The van der Waals surface area contributed by atoms with Crippen molar-refractivity contribution in [3.05, 3.63) is 17.7 Å². The molecular formula is C13H11F3N2O2S. The van der Waals surface area contributed by atoms with Gasteiger partial charge in [0.1, 0.15) is 5.75 Å². The van der Waals surface area contributed by atoms with Gasteiger partial charge < -0.3 is 10.1 Å². The van der Waals surface area contributed by atoms with Crippen LogP contribution in [0.3, 0.4) is 0 Å². The molecule has 1 N–H and O–H groups in total. The van der Waals surface area contributed by atoms with Gasteiger partial charge in [0, 0.05) is 12.0 Å². The number of aromatic nitrogens is 1. The molecule has 1 aromatic heterocycles. The SMILES string of the molecule is COc1cc2nc(NC(=O)C3CC3)sc2cc1C(F)(F)F. The zero-order valence-electron chi connectivity index (χ0n) is 11.0. The van der Waals surface area contributed by atoms with E-state index in [1.54, 1.807) is 0 Å². The van der Waals surface area contributed by atoms with E-state index in [0.717, 1.165) is 30.2 Å². The molecule has 1 amide bonds. The van der Waals surface area contributed by atoms with Crippen LogP contribution in [0, 0.1) is 5.92 Å². The van der Waals surface area contributed by atoms with Gasteiger partial charge in [-0.1, -0.05) is 11.3 Å². The molecule has 0 saturated heterocycles. The Labute approximate surface area is 121 Å². The van der Waals surface area contributed by atoms with Gasteiger partial charge in [0.05, 0.1) is 22.9 Å². The first-order chi connectivity index (χ1) is 9.88. The lowest BCUT2D eigenvalue weighted by atomic mass is 10.2. The fourth-order valence-electron chi connectivity index (χ4n) is 1.95. The second-order valence-electron chi connectivity index (χ2n) is 4.80.